The van der Waals surface area contributed by atoms with Crippen LogP contribution in [0.1, 0.15) is 49.0 Å². The van der Waals surface area contributed by atoms with Gasteiger partial charge in [-0.2, -0.15) is 0 Å². The molecule has 2 aromatic carbocycles. The summed E-state index contributed by atoms with van der Waals surface area (Å²) in [5.41, 5.74) is 1.19. The molecule has 1 N–H and O–H groups in total. The van der Waals surface area contributed by atoms with Gasteiger partial charge in [0.15, 0.2) is 6.10 Å². The van der Waals surface area contributed by atoms with Crippen LogP contribution in [0.25, 0.3) is 0 Å². The van der Waals surface area contributed by atoms with Crippen LogP contribution < -0.4 is 5.32 Å². The molecular formula is C20H21F2NO3. The van der Waals surface area contributed by atoms with E-state index in [4.69, 9.17) is 4.74 Å². The van der Waals surface area contributed by atoms with Crippen LogP contribution in [0.3, 0.4) is 0 Å². The number of hydrogen-bond donors (Lipinski definition) is 1. The highest BCUT2D eigenvalue weighted by Gasteiger charge is 2.22. The number of carbonyl (C=O) groups excluding carboxylic acids is 2. The molecule has 0 saturated heterocycles. The summed E-state index contributed by atoms with van der Waals surface area (Å²) in [6, 6.07) is 9.90. The molecule has 2 atom stereocenters. The molecular weight excluding hydrogens is 340 g/mol. The standard InChI is InChI=1S/C20H21F2NO3/c1-4-12(2)15-7-5-6-8-18(15)23-19(24)13(3)26-20(25)16-10-9-14(21)11-17(16)22/h5-13H,4H2,1-3H3,(H,23,24)/t12-,13-/m1/s1. The van der Waals surface area contributed by atoms with Gasteiger partial charge in [0.1, 0.15) is 11.6 Å². The molecule has 0 heterocycles. The largest absolute Gasteiger partial charge is 0.449 e. The maximum absolute atomic E-state index is 13.6. The second-order valence-electron chi connectivity index (χ2n) is 6.06. The summed E-state index contributed by atoms with van der Waals surface area (Å²) in [5.74, 6) is -3.15. The number of halogens is 2. The maximum atomic E-state index is 13.6. The average molecular weight is 361 g/mol. The average Bonchev–Trinajstić information content (AvgIpc) is 2.61. The number of hydrogen-bond acceptors (Lipinski definition) is 3. The van der Waals surface area contributed by atoms with Crippen LogP contribution in [0.5, 0.6) is 0 Å². The monoisotopic (exact) mass is 361 g/mol. The zero-order valence-electron chi connectivity index (χ0n) is 14.9. The highest BCUT2D eigenvalue weighted by Crippen LogP contribution is 2.26. The van der Waals surface area contributed by atoms with Gasteiger partial charge in [-0.05, 0) is 43.0 Å². The van der Waals surface area contributed by atoms with E-state index < -0.39 is 35.2 Å². The van der Waals surface area contributed by atoms with E-state index in [2.05, 4.69) is 5.32 Å². The molecule has 2 aromatic rings. The van der Waals surface area contributed by atoms with Crippen molar-refractivity contribution in [3.63, 3.8) is 0 Å². The van der Waals surface area contributed by atoms with Crippen LogP contribution in [0.2, 0.25) is 0 Å². The molecule has 0 aromatic heterocycles. The molecule has 2 rings (SSSR count). The number of esters is 1. The lowest BCUT2D eigenvalue weighted by molar-refractivity contribution is -0.123. The van der Waals surface area contributed by atoms with Crippen molar-refractivity contribution in [2.24, 2.45) is 0 Å². The molecule has 0 bridgehead atoms. The van der Waals surface area contributed by atoms with Gasteiger partial charge in [0.2, 0.25) is 0 Å². The number of anilines is 1. The molecule has 0 aliphatic rings. The van der Waals surface area contributed by atoms with Crippen LogP contribution in [0, 0.1) is 11.6 Å². The predicted octanol–water partition coefficient (Wildman–Crippen LogP) is 4.66. The number of amides is 1. The Hall–Kier alpha value is -2.76. The summed E-state index contributed by atoms with van der Waals surface area (Å²) in [4.78, 5) is 24.3. The Morgan fingerprint density at radius 1 is 1.12 bits per heavy atom. The van der Waals surface area contributed by atoms with Crippen molar-refractivity contribution in [1.82, 2.24) is 0 Å². The van der Waals surface area contributed by atoms with Crippen LogP contribution in [0.4, 0.5) is 14.5 Å². The van der Waals surface area contributed by atoms with Gasteiger partial charge in [-0.1, -0.05) is 32.0 Å². The smallest absolute Gasteiger partial charge is 0.341 e. The van der Waals surface area contributed by atoms with E-state index in [0.717, 1.165) is 24.1 Å². The van der Waals surface area contributed by atoms with Crippen molar-refractivity contribution in [2.75, 3.05) is 5.32 Å². The number of nitrogens with one attached hydrogen (secondary N) is 1. The Morgan fingerprint density at radius 3 is 2.46 bits per heavy atom. The van der Waals surface area contributed by atoms with Gasteiger partial charge >= 0.3 is 5.97 Å². The summed E-state index contributed by atoms with van der Waals surface area (Å²) < 4.78 is 31.6. The second kappa shape index (κ2) is 8.56. The van der Waals surface area contributed by atoms with E-state index in [1.807, 2.05) is 26.0 Å². The fourth-order valence-corrected chi connectivity index (χ4v) is 2.43. The summed E-state index contributed by atoms with van der Waals surface area (Å²) in [7, 11) is 0. The fourth-order valence-electron chi connectivity index (χ4n) is 2.43. The summed E-state index contributed by atoms with van der Waals surface area (Å²) in [6.07, 6.45) is -0.238. The third kappa shape index (κ3) is 4.65. The molecule has 0 aliphatic carbocycles. The molecule has 4 nitrogen and oxygen atoms in total. The van der Waals surface area contributed by atoms with Crippen LogP contribution >= 0.6 is 0 Å². The van der Waals surface area contributed by atoms with Gasteiger partial charge in [0.05, 0.1) is 5.56 Å². The molecule has 0 saturated carbocycles. The van der Waals surface area contributed by atoms with Crippen molar-refractivity contribution in [1.29, 1.82) is 0 Å². The lowest BCUT2D eigenvalue weighted by atomic mass is 9.97. The normalized spacial score (nSPS) is 13.0. The van der Waals surface area contributed by atoms with Crippen molar-refractivity contribution < 1.29 is 23.1 Å². The molecule has 0 spiro atoms. The van der Waals surface area contributed by atoms with E-state index in [1.54, 1.807) is 12.1 Å². The highest BCUT2D eigenvalue weighted by molar-refractivity contribution is 5.97. The minimum Gasteiger partial charge on any atom is -0.449 e. The third-order valence-corrected chi connectivity index (χ3v) is 4.17. The lowest BCUT2D eigenvalue weighted by Crippen LogP contribution is -2.30. The van der Waals surface area contributed by atoms with Gasteiger partial charge in [0, 0.05) is 11.8 Å². The minimum atomic E-state index is -1.14. The zero-order valence-corrected chi connectivity index (χ0v) is 14.9. The lowest BCUT2D eigenvalue weighted by Gasteiger charge is -2.18. The summed E-state index contributed by atoms with van der Waals surface area (Å²) in [5, 5.41) is 2.74. The topological polar surface area (TPSA) is 55.4 Å². The molecule has 0 fully saturated rings. The van der Waals surface area contributed by atoms with Gasteiger partial charge in [-0.25, -0.2) is 13.6 Å². The molecule has 0 unspecified atom stereocenters. The summed E-state index contributed by atoms with van der Waals surface area (Å²) >= 11 is 0. The Morgan fingerprint density at radius 2 is 1.81 bits per heavy atom. The molecule has 138 valence electrons. The Balaban J connectivity index is 2.07. The Labute approximate surface area is 151 Å². The first kappa shape index (κ1) is 19.6. The first-order chi connectivity index (χ1) is 12.3. The van der Waals surface area contributed by atoms with Gasteiger partial charge < -0.3 is 10.1 Å². The van der Waals surface area contributed by atoms with E-state index in [9.17, 15) is 18.4 Å². The van der Waals surface area contributed by atoms with Crippen LogP contribution in [-0.4, -0.2) is 18.0 Å². The second-order valence-corrected chi connectivity index (χ2v) is 6.06. The van der Waals surface area contributed by atoms with Crippen molar-refractivity contribution >= 4 is 17.6 Å². The number of carbonyl (C=O) groups is 2. The molecule has 0 radical (unpaired) electrons. The number of para-hydroxylation sites is 1. The van der Waals surface area contributed by atoms with Gasteiger partial charge in [-0.3, -0.25) is 4.79 Å². The minimum absolute atomic E-state index is 0.248. The third-order valence-electron chi connectivity index (χ3n) is 4.17. The van der Waals surface area contributed by atoms with Crippen LogP contribution in [0.15, 0.2) is 42.5 Å². The molecule has 6 heteroatoms. The fraction of sp³-hybridized carbons (Fsp3) is 0.300. The summed E-state index contributed by atoms with van der Waals surface area (Å²) in [6.45, 7) is 5.48. The first-order valence-corrected chi connectivity index (χ1v) is 8.39. The van der Waals surface area contributed by atoms with E-state index >= 15 is 0 Å². The molecule has 0 aliphatic heterocycles. The van der Waals surface area contributed by atoms with Crippen LogP contribution in [-0.2, 0) is 9.53 Å². The number of ether oxygens (including phenoxy) is 1. The van der Waals surface area contributed by atoms with Gasteiger partial charge in [-0.15, -0.1) is 0 Å². The van der Waals surface area contributed by atoms with E-state index in [0.29, 0.717) is 11.8 Å². The van der Waals surface area contributed by atoms with Crippen molar-refractivity contribution in [3.8, 4) is 0 Å². The van der Waals surface area contributed by atoms with Crippen molar-refractivity contribution in [3.05, 3.63) is 65.2 Å². The SMILES string of the molecule is CC[C@@H](C)c1ccccc1NC(=O)[C@@H](C)OC(=O)c1ccc(F)cc1F. The highest BCUT2D eigenvalue weighted by atomic mass is 19.1. The van der Waals surface area contributed by atoms with E-state index in [-0.39, 0.29) is 5.92 Å². The van der Waals surface area contributed by atoms with Gasteiger partial charge in [0.25, 0.3) is 5.91 Å². The van der Waals surface area contributed by atoms with Crippen molar-refractivity contribution in [2.45, 2.75) is 39.2 Å². The number of rotatable bonds is 6. The maximum Gasteiger partial charge on any atom is 0.341 e. The quantitative estimate of drug-likeness (QED) is 0.761. The molecule has 26 heavy (non-hydrogen) atoms. The van der Waals surface area contributed by atoms with E-state index in [1.165, 1.54) is 6.92 Å². The Kier molecular flexibility index (Phi) is 6.44. The predicted molar refractivity (Wildman–Crippen MR) is 95.0 cm³/mol. The zero-order chi connectivity index (χ0) is 19.3. The first-order valence-electron chi connectivity index (χ1n) is 8.39. The molecule has 1 amide bonds. The Bertz CT molecular complexity index is 807. The number of benzene rings is 2.